The molecule has 0 saturated heterocycles. The number of allylic oxidation sites excluding steroid dienone is 1. The quantitative estimate of drug-likeness (QED) is 0.718. The molecule has 0 radical (unpaired) electrons. The normalized spacial score (nSPS) is 14.5. The van der Waals surface area contributed by atoms with Crippen molar-refractivity contribution in [3.05, 3.63) is 63.9 Å². The number of carbonyl (C=O) groups is 2. The summed E-state index contributed by atoms with van der Waals surface area (Å²) in [5.41, 5.74) is 2.20. The first-order chi connectivity index (χ1) is 8.27. The van der Waals surface area contributed by atoms with E-state index >= 15 is 0 Å². The van der Waals surface area contributed by atoms with Crippen molar-refractivity contribution in [2.24, 2.45) is 0 Å². The highest BCUT2D eigenvalue weighted by Gasteiger charge is 2.26. The predicted octanol–water partition coefficient (Wildman–Crippen LogP) is 2.95. The lowest BCUT2D eigenvalue weighted by atomic mass is 9.88. The third-order valence-corrected chi connectivity index (χ3v) is 3.65. The van der Waals surface area contributed by atoms with Gasteiger partial charge >= 0.3 is 0 Å². The number of Topliss-reactive ketones (excluding diaryl/α,β-unsaturated/α-hetero) is 1. The van der Waals surface area contributed by atoms with Crippen LogP contribution in [0.5, 0.6) is 0 Å². The van der Waals surface area contributed by atoms with E-state index in [0.717, 1.165) is 16.0 Å². The van der Waals surface area contributed by atoms with Gasteiger partial charge < -0.3 is 0 Å². The Morgan fingerprint density at radius 3 is 2.35 bits per heavy atom. The molecule has 1 aliphatic carbocycles. The first-order valence-corrected chi connectivity index (χ1v) is 6.09. The molecule has 2 aromatic rings. The smallest absolute Gasteiger partial charge is 0.233 e. The van der Waals surface area contributed by atoms with E-state index in [1.165, 1.54) is 6.08 Å². The van der Waals surface area contributed by atoms with E-state index in [4.69, 9.17) is 0 Å². The van der Waals surface area contributed by atoms with E-state index in [-0.39, 0.29) is 0 Å². The van der Waals surface area contributed by atoms with Crippen LogP contribution in [0.1, 0.15) is 20.8 Å². The van der Waals surface area contributed by atoms with E-state index in [0.29, 0.717) is 5.56 Å². The number of fused-ring (bicyclic) bond motifs is 1. The van der Waals surface area contributed by atoms with Gasteiger partial charge in [0.05, 0.1) is 0 Å². The molecule has 1 aliphatic rings. The van der Waals surface area contributed by atoms with E-state index < -0.39 is 11.6 Å². The summed E-state index contributed by atoms with van der Waals surface area (Å²) in [7, 11) is 0. The minimum absolute atomic E-state index is 0.416. The molecule has 0 fully saturated rings. The molecule has 3 rings (SSSR count). The second kappa shape index (κ2) is 3.79. The summed E-state index contributed by atoms with van der Waals surface area (Å²) < 4.78 is 0. The van der Waals surface area contributed by atoms with Gasteiger partial charge in [0.1, 0.15) is 0 Å². The summed E-state index contributed by atoms with van der Waals surface area (Å²) in [5.74, 6) is -0.854. The molecule has 0 unspecified atom stereocenters. The maximum Gasteiger partial charge on any atom is 0.233 e. The number of thiophene rings is 1. The SMILES string of the molecule is O=C1C=C(c2cccs2)c2ccccc2C1=O. The fourth-order valence-electron chi connectivity index (χ4n) is 1.96. The Balaban J connectivity index is 2.26. The summed E-state index contributed by atoms with van der Waals surface area (Å²) in [6.07, 6.45) is 1.44. The third-order valence-electron chi connectivity index (χ3n) is 2.75. The molecule has 82 valence electrons. The molecule has 0 aliphatic heterocycles. The highest BCUT2D eigenvalue weighted by molar-refractivity contribution is 7.11. The molecule has 0 saturated carbocycles. The second-order valence-corrected chi connectivity index (χ2v) is 4.72. The van der Waals surface area contributed by atoms with Gasteiger partial charge in [-0.3, -0.25) is 9.59 Å². The van der Waals surface area contributed by atoms with Crippen LogP contribution in [-0.4, -0.2) is 11.6 Å². The minimum Gasteiger partial charge on any atom is -0.286 e. The number of hydrogen-bond acceptors (Lipinski definition) is 3. The summed E-state index contributed by atoms with van der Waals surface area (Å²) in [6, 6.07) is 11.1. The molecule has 1 aromatic carbocycles. The molecule has 0 N–H and O–H groups in total. The molecule has 0 amide bonds. The average Bonchev–Trinajstić information content (AvgIpc) is 2.87. The topological polar surface area (TPSA) is 34.1 Å². The van der Waals surface area contributed by atoms with Gasteiger partial charge in [-0.25, -0.2) is 0 Å². The van der Waals surface area contributed by atoms with E-state index in [1.807, 2.05) is 29.6 Å². The van der Waals surface area contributed by atoms with E-state index in [9.17, 15) is 9.59 Å². The summed E-state index contributed by atoms with van der Waals surface area (Å²) in [5, 5.41) is 1.96. The van der Waals surface area contributed by atoms with Crippen molar-refractivity contribution in [3.63, 3.8) is 0 Å². The van der Waals surface area contributed by atoms with Gasteiger partial charge in [0, 0.05) is 16.0 Å². The van der Waals surface area contributed by atoms with Crippen LogP contribution in [0.2, 0.25) is 0 Å². The fraction of sp³-hybridized carbons (Fsp3) is 0. The number of rotatable bonds is 1. The van der Waals surface area contributed by atoms with Gasteiger partial charge in [0.2, 0.25) is 11.6 Å². The average molecular weight is 240 g/mol. The summed E-state index contributed by atoms with van der Waals surface area (Å²) in [4.78, 5) is 24.4. The Hall–Kier alpha value is -2.00. The lowest BCUT2D eigenvalue weighted by molar-refractivity contribution is -0.110. The predicted molar refractivity (Wildman–Crippen MR) is 67.2 cm³/mol. The first-order valence-electron chi connectivity index (χ1n) is 5.21. The summed E-state index contributed by atoms with van der Waals surface area (Å²) >= 11 is 1.56. The van der Waals surface area contributed by atoms with Gasteiger partial charge in [-0.05, 0) is 23.1 Å². The van der Waals surface area contributed by atoms with Crippen LogP contribution in [0, 0.1) is 0 Å². The zero-order valence-electron chi connectivity index (χ0n) is 8.84. The van der Waals surface area contributed by atoms with Gasteiger partial charge in [0.25, 0.3) is 0 Å². The Morgan fingerprint density at radius 2 is 1.65 bits per heavy atom. The Labute approximate surface area is 102 Å². The van der Waals surface area contributed by atoms with Gasteiger partial charge in [0.15, 0.2) is 0 Å². The van der Waals surface area contributed by atoms with Crippen molar-refractivity contribution in [2.75, 3.05) is 0 Å². The largest absolute Gasteiger partial charge is 0.286 e. The zero-order valence-corrected chi connectivity index (χ0v) is 9.66. The van der Waals surface area contributed by atoms with Crippen molar-refractivity contribution in [3.8, 4) is 0 Å². The number of ketones is 2. The molecule has 1 aromatic heterocycles. The van der Waals surface area contributed by atoms with Crippen LogP contribution < -0.4 is 0 Å². The molecule has 0 atom stereocenters. The number of hydrogen-bond donors (Lipinski definition) is 0. The first kappa shape index (κ1) is 10.2. The van der Waals surface area contributed by atoms with E-state index in [2.05, 4.69) is 0 Å². The van der Waals surface area contributed by atoms with Crippen LogP contribution in [0.3, 0.4) is 0 Å². The summed E-state index contributed by atoms with van der Waals surface area (Å²) in [6.45, 7) is 0. The van der Waals surface area contributed by atoms with Crippen molar-refractivity contribution in [2.45, 2.75) is 0 Å². The molecule has 17 heavy (non-hydrogen) atoms. The number of benzene rings is 1. The lowest BCUT2D eigenvalue weighted by Gasteiger charge is -2.14. The molecule has 0 bridgehead atoms. The molecule has 3 heteroatoms. The van der Waals surface area contributed by atoms with Crippen molar-refractivity contribution in [1.82, 2.24) is 0 Å². The Bertz CT molecular complexity index is 636. The van der Waals surface area contributed by atoms with Crippen molar-refractivity contribution < 1.29 is 9.59 Å². The van der Waals surface area contributed by atoms with E-state index in [1.54, 1.807) is 23.5 Å². The molecular weight excluding hydrogens is 232 g/mol. The van der Waals surface area contributed by atoms with Crippen LogP contribution in [0.25, 0.3) is 5.57 Å². The van der Waals surface area contributed by atoms with Crippen LogP contribution >= 0.6 is 11.3 Å². The molecular formula is C14H8O2S. The second-order valence-electron chi connectivity index (χ2n) is 3.77. The van der Waals surface area contributed by atoms with Crippen molar-refractivity contribution in [1.29, 1.82) is 0 Å². The van der Waals surface area contributed by atoms with Crippen LogP contribution in [-0.2, 0) is 4.79 Å². The van der Waals surface area contributed by atoms with Crippen molar-refractivity contribution >= 4 is 28.5 Å². The highest BCUT2D eigenvalue weighted by atomic mass is 32.1. The van der Waals surface area contributed by atoms with Crippen LogP contribution in [0.15, 0.2) is 47.9 Å². The van der Waals surface area contributed by atoms with Gasteiger partial charge in [-0.2, -0.15) is 0 Å². The maximum absolute atomic E-state index is 11.7. The van der Waals surface area contributed by atoms with Gasteiger partial charge in [-0.1, -0.05) is 30.3 Å². The zero-order chi connectivity index (χ0) is 11.8. The van der Waals surface area contributed by atoms with Gasteiger partial charge in [-0.15, -0.1) is 11.3 Å². The number of carbonyl (C=O) groups excluding carboxylic acids is 2. The molecule has 0 spiro atoms. The standard InChI is InChI=1S/C14H8O2S/c15-12-8-11(13-6-3-7-17-13)9-4-1-2-5-10(9)14(12)16/h1-8H. The third kappa shape index (κ3) is 1.56. The fourth-order valence-corrected chi connectivity index (χ4v) is 2.72. The molecule has 1 heterocycles. The Morgan fingerprint density at radius 1 is 0.882 bits per heavy atom. The molecule has 2 nitrogen and oxygen atoms in total. The highest BCUT2D eigenvalue weighted by Crippen LogP contribution is 2.32. The lowest BCUT2D eigenvalue weighted by Crippen LogP contribution is -2.18. The van der Waals surface area contributed by atoms with Crippen LogP contribution in [0.4, 0.5) is 0 Å². The maximum atomic E-state index is 11.7. The Kier molecular flexibility index (Phi) is 2.27. The monoisotopic (exact) mass is 240 g/mol. The minimum atomic E-state index is -0.438.